The highest BCUT2D eigenvalue weighted by Gasteiger charge is 2.26. The number of likely N-dealkylation sites (tertiary alicyclic amines) is 1. The summed E-state index contributed by atoms with van der Waals surface area (Å²) in [4.78, 5) is 18.4. The molecule has 1 fully saturated rings. The maximum absolute atomic E-state index is 12.4. The highest BCUT2D eigenvalue weighted by atomic mass is 35.5. The standard InChI is InChI=1S/C23H22N4O.ClH/c24-12-16-5-6-18(22-19(16)13-25-23(22)28)21-11-17-10-15(4-7-20(17)26-21)14-27-8-2-1-3-9-27;/h4-7,10-11,26H,1-3,8-9,13-14H2,(H,25,28);1H. The lowest BCUT2D eigenvalue weighted by atomic mass is 9.96. The molecule has 0 atom stereocenters. The first-order valence-corrected chi connectivity index (χ1v) is 9.91. The van der Waals surface area contributed by atoms with Crippen LogP contribution in [0.1, 0.15) is 46.3 Å². The summed E-state index contributed by atoms with van der Waals surface area (Å²) >= 11 is 0. The number of piperidine rings is 1. The summed E-state index contributed by atoms with van der Waals surface area (Å²) in [6.07, 6.45) is 3.93. The number of aromatic nitrogens is 1. The van der Waals surface area contributed by atoms with Gasteiger partial charge in [-0.15, -0.1) is 12.4 Å². The summed E-state index contributed by atoms with van der Waals surface area (Å²) in [6, 6.07) is 14.5. The number of aromatic amines is 1. The first-order valence-electron chi connectivity index (χ1n) is 9.91. The van der Waals surface area contributed by atoms with E-state index in [1.165, 1.54) is 37.9 Å². The monoisotopic (exact) mass is 406 g/mol. The Morgan fingerprint density at radius 2 is 1.90 bits per heavy atom. The normalized spacial score (nSPS) is 16.2. The fourth-order valence-corrected chi connectivity index (χ4v) is 4.48. The van der Waals surface area contributed by atoms with Crippen molar-refractivity contribution >= 4 is 29.2 Å². The van der Waals surface area contributed by atoms with Gasteiger partial charge in [0.15, 0.2) is 0 Å². The first kappa shape index (κ1) is 19.5. The molecule has 0 spiro atoms. The second-order valence-corrected chi connectivity index (χ2v) is 7.75. The van der Waals surface area contributed by atoms with Crippen molar-refractivity contribution in [3.63, 3.8) is 0 Å². The van der Waals surface area contributed by atoms with E-state index in [4.69, 9.17) is 0 Å². The highest BCUT2D eigenvalue weighted by molar-refractivity contribution is 6.05. The van der Waals surface area contributed by atoms with E-state index in [1.54, 1.807) is 0 Å². The van der Waals surface area contributed by atoms with Crippen LogP contribution in [0.15, 0.2) is 36.4 Å². The van der Waals surface area contributed by atoms with E-state index in [2.05, 4.69) is 45.5 Å². The molecular weight excluding hydrogens is 384 g/mol. The number of benzene rings is 2. The maximum atomic E-state index is 12.4. The van der Waals surface area contributed by atoms with Crippen molar-refractivity contribution in [3.05, 3.63) is 58.7 Å². The molecule has 0 radical (unpaired) electrons. The van der Waals surface area contributed by atoms with E-state index in [-0.39, 0.29) is 18.3 Å². The van der Waals surface area contributed by atoms with Crippen LogP contribution in [0.3, 0.4) is 0 Å². The van der Waals surface area contributed by atoms with Crippen LogP contribution in [0.2, 0.25) is 0 Å². The number of nitriles is 1. The molecule has 2 N–H and O–H groups in total. The van der Waals surface area contributed by atoms with Gasteiger partial charge < -0.3 is 10.3 Å². The molecule has 1 saturated heterocycles. The summed E-state index contributed by atoms with van der Waals surface area (Å²) in [6.45, 7) is 3.78. The Hall–Kier alpha value is -2.81. The molecule has 6 heteroatoms. The lowest BCUT2D eigenvalue weighted by molar-refractivity contribution is 0.0966. The number of nitrogens with one attached hydrogen (secondary N) is 2. The highest BCUT2D eigenvalue weighted by Crippen LogP contribution is 2.33. The van der Waals surface area contributed by atoms with Crippen LogP contribution in [0.4, 0.5) is 0 Å². The number of fused-ring (bicyclic) bond motifs is 2. The molecule has 5 nitrogen and oxygen atoms in total. The fourth-order valence-electron chi connectivity index (χ4n) is 4.48. The molecule has 0 unspecified atom stereocenters. The quantitative estimate of drug-likeness (QED) is 0.678. The van der Waals surface area contributed by atoms with Crippen LogP contribution >= 0.6 is 12.4 Å². The average Bonchev–Trinajstić information content (AvgIpc) is 3.32. The topological polar surface area (TPSA) is 71.9 Å². The Kier molecular flexibility index (Phi) is 5.31. The van der Waals surface area contributed by atoms with Gasteiger partial charge in [-0.1, -0.05) is 18.6 Å². The zero-order valence-corrected chi connectivity index (χ0v) is 16.9. The Morgan fingerprint density at radius 1 is 1.07 bits per heavy atom. The fraction of sp³-hybridized carbons (Fsp3) is 0.304. The summed E-state index contributed by atoms with van der Waals surface area (Å²) in [7, 11) is 0. The zero-order chi connectivity index (χ0) is 19.1. The van der Waals surface area contributed by atoms with Gasteiger partial charge in [0.2, 0.25) is 0 Å². The van der Waals surface area contributed by atoms with Gasteiger partial charge >= 0.3 is 0 Å². The number of halogens is 1. The van der Waals surface area contributed by atoms with Gasteiger partial charge in [-0.25, -0.2) is 0 Å². The number of amides is 1. The molecule has 1 aromatic heterocycles. The molecular formula is C23H23ClN4O. The van der Waals surface area contributed by atoms with Crippen LogP contribution in [0.5, 0.6) is 0 Å². The Bertz CT molecular complexity index is 1120. The van der Waals surface area contributed by atoms with Gasteiger partial charge in [-0.3, -0.25) is 9.69 Å². The largest absolute Gasteiger partial charge is 0.355 e. The molecule has 2 aromatic carbocycles. The van der Waals surface area contributed by atoms with Crippen molar-refractivity contribution in [1.29, 1.82) is 5.26 Å². The van der Waals surface area contributed by atoms with Gasteiger partial charge in [-0.2, -0.15) is 5.26 Å². The Balaban J connectivity index is 0.00000205. The van der Waals surface area contributed by atoms with Crippen LogP contribution in [0, 0.1) is 11.3 Å². The molecule has 29 heavy (non-hydrogen) atoms. The van der Waals surface area contributed by atoms with Gasteiger partial charge in [-0.05, 0) is 55.8 Å². The molecule has 2 aliphatic rings. The van der Waals surface area contributed by atoms with E-state index in [0.717, 1.165) is 34.3 Å². The predicted octanol–water partition coefficient (Wildman–Crippen LogP) is 4.36. The van der Waals surface area contributed by atoms with E-state index in [9.17, 15) is 10.1 Å². The van der Waals surface area contributed by atoms with Crippen molar-refractivity contribution in [2.75, 3.05) is 13.1 Å². The molecule has 3 aromatic rings. The van der Waals surface area contributed by atoms with Gasteiger partial charge in [0, 0.05) is 40.8 Å². The Morgan fingerprint density at radius 3 is 2.69 bits per heavy atom. The Labute approximate surface area is 176 Å². The van der Waals surface area contributed by atoms with Gasteiger partial charge in [0.1, 0.15) is 0 Å². The zero-order valence-electron chi connectivity index (χ0n) is 16.1. The molecule has 0 aliphatic carbocycles. The van der Waals surface area contributed by atoms with Crippen LogP contribution in [0.25, 0.3) is 22.2 Å². The SMILES string of the molecule is Cl.N#Cc1ccc(-c2cc3cc(CN4CCCCC4)ccc3[nH]2)c2c1CNC2=O. The van der Waals surface area contributed by atoms with Crippen molar-refractivity contribution in [1.82, 2.24) is 15.2 Å². The minimum absolute atomic E-state index is 0. The summed E-state index contributed by atoms with van der Waals surface area (Å²) in [5.74, 6) is -0.105. The number of rotatable bonds is 3. The lowest BCUT2D eigenvalue weighted by Crippen LogP contribution is -2.28. The predicted molar refractivity (Wildman–Crippen MR) is 116 cm³/mol. The van der Waals surface area contributed by atoms with E-state index < -0.39 is 0 Å². The molecule has 0 saturated carbocycles. The number of carbonyl (C=O) groups excluding carboxylic acids is 1. The number of hydrogen-bond acceptors (Lipinski definition) is 3. The van der Waals surface area contributed by atoms with E-state index >= 15 is 0 Å². The average molecular weight is 407 g/mol. The number of carbonyl (C=O) groups is 1. The number of hydrogen-bond donors (Lipinski definition) is 2. The number of H-pyrrole nitrogens is 1. The van der Waals surface area contributed by atoms with Gasteiger partial charge in [0.05, 0.1) is 17.2 Å². The molecule has 1 amide bonds. The third kappa shape index (κ3) is 3.50. The number of nitrogens with zero attached hydrogens (tertiary/aromatic N) is 2. The summed E-state index contributed by atoms with van der Waals surface area (Å²) in [5, 5.41) is 13.3. The molecule has 2 aliphatic heterocycles. The van der Waals surface area contributed by atoms with Crippen LogP contribution < -0.4 is 5.32 Å². The van der Waals surface area contributed by atoms with Crippen molar-refractivity contribution < 1.29 is 4.79 Å². The maximum Gasteiger partial charge on any atom is 0.252 e. The van der Waals surface area contributed by atoms with Crippen molar-refractivity contribution in [3.8, 4) is 17.3 Å². The van der Waals surface area contributed by atoms with E-state index in [0.29, 0.717) is 17.7 Å². The van der Waals surface area contributed by atoms with Crippen LogP contribution in [-0.4, -0.2) is 28.9 Å². The minimum atomic E-state index is -0.105. The molecule has 148 valence electrons. The van der Waals surface area contributed by atoms with Gasteiger partial charge in [0.25, 0.3) is 5.91 Å². The van der Waals surface area contributed by atoms with E-state index in [1.807, 2.05) is 12.1 Å². The second-order valence-electron chi connectivity index (χ2n) is 7.75. The third-order valence-electron chi connectivity index (χ3n) is 5.92. The summed E-state index contributed by atoms with van der Waals surface area (Å²) < 4.78 is 0. The lowest BCUT2D eigenvalue weighted by Gasteiger charge is -2.26. The first-order chi connectivity index (χ1) is 13.7. The van der Waals surface area contributed by atoms with Crippen molar-refractivity contribution in [2.45, 2.75) is 32.4 Å². The molecule has 5 rings (SSSR count). The smallest absolute Gasteiger partial charge is 0.252 e. The van der Waals surface area contributed by atoms with Crippen LogP contribution in [-0.2, 0) is 13.1 Å². The second kappa shape index (κ2) is 7.90. The van der Waals surface area contributed by atoms with Crippen molar-refractivity contribution in [2.24, 2.45) is 0 Å². The summed E-state index contributed by atoms with van der Waals surface area (Å²) in [5.41, 5.74) is 6.16. The molecule has 0 bridgehead atoms. The third-order valence-corrected chi connectivity index (χ3v) is 5.92. The minimum Gasteiger partial charge on any atom is -0.355 e. The molecule has 3 heterocycles.